The fourth-order valence-electron chi connectivity index (χ4n) is 1.30. The van der Waals surface area contributed by atoms with Crippen molar-refractivity contribution in [3.05, 3.63) is 23.8 Å². The monoisotopic (exact) mass is 296 g/mol. The van der Waals surface area contributed by atoms with Crippen LogP contribution in [0.5, 0.6) is 11.5 Å². The van der Waals surface area contributed by atoms with E-state index in [0.717, 1.165) is 0 Å². The molecule has 0 fully saturated rings. The number of aliphatic carboxylic acids is 1. The van der Waals surface area contributed by atoms with Gasteiger partial charge in [0.05, 0.1) is 6.42 Å². The molecular weight excluding hydrogens is 285 g/mol. The maximum absolute atomic E-state index is 12.1. The number of rotatable bonds is 6. The molecule has 0 atom stereocenters. The second-order valence-electron chi connectivity index (χ2n) is 3.52. The number of ether oxygens (including phenoxy) is 2. The van der Waals surface area contributed by atoms with E-state index in [2.05, 4.69) is 17.4 Å². The van der Waals surface area contributed by atoms with Crippen LogP contribution in [0.3, 0.4) is 0 Å². The Morgan fingerprint density at radius 3 is 2.53 bits per heavy atom. The fourth-order valence-corrected chi connectivity index (χ4v) is 1.45. The van der Waals surface area contributed by atoms with Crippen LogP contribution in [0.4, 0.5) is 13.2 Å². The summed E-state index contributed by atoms with van der Waals surface area (Å²) in [5, 5.41) is 8.67. The summed E-state index contributed by atoms with van der Waals surface area (Å²) in [5.74, 6) is -1.04. The second-order valence-corrected chi connectivity index (χ2v) is 3.78. The highest BCUT2D eigenvalue weighted by atomic mass is 32.1. The average Bonchev–Trinajstić information content (AvgIpc) is 2.28. The molecule has 0 aliphatic rings. The number of carboxylic acids is 1. The highest BCUT2D eigenvalue weighted by Crippen LogP contribution is 2.27. The third-order valence-corrected chi connectivity index (χ3v) is 2.13. The highest BCUT2D eigenvalue weighted by molar-refractivity contribution is 7.80. The lowest BCUT2D eigenvalue weighted by Crippen LogP contribution is -2.20. The lowest BCUT2D eigenvalue weighted by molar-refractivity contribution is -0.153. The Labute approximate surface area is 112 Å². The summed E-state index contributed by atoms with van der Waals surface area (Å²) in [4.78, 5) is 10.6. The summed E-state index contributed by atoms with van der Waals surface area (Å²) in [6.07, 6.45) is -4.94. The lowest BCUT2D eigenvalue weighted by Gasteiger charge is -2.13. The van der Waals surface area contributed by atoms with Gasteiger partial charge in [0.1, 0.15) is 17.4 Å². The molecule has 0 aliphatic carbocycles. The topological polar surface area (TPSA) is 55.8 Å². The standard InChI is InChI=1S/C11H11F3O4S/c12-11(13,14)5-17-9-4-8(18-6-19)2-1-7(9)3-10(15)16/h1-2,4,19H,3,5-6H2,(H,15,16). The molecule has 106 valence electrons. The first-order valence-corrected chi connectivity index (χ1v) is 5.73. The Hall–Kier alpha value is -1.57. The molecule has 0 amide bonds. The average molecular weight is 296 g/mol. The van der Waals surface area contributed by atoms with Gasteiger partial charge < -0.3 is 14.6 Å². The van der Waals surface area contributed by atoms with Gasteiger partial charge in [0, 0.05) is 11.6 Å². The van der Waals surface area contributed by atoms with Gasteiger partial charge >= 0.3 is 12.1 Å². The largest absolute Gasteiger partial charge is 0.484 e. The normalized spacial score (nSPS) is 11.2. The Morgan fingerprint density at radius 2 is 2.00 bits per heavy atom. The van der Waals surface area contributed by atoms with Crippen LogP contribution in [0.15, 0.2) is 18.2 Å². The molecule has 0 saturated heterocycles. The zero-order valence-electron chi connectivity index (χ0n) is 9.61. The smallest absolute Gasteiger partial charge is 0.422 e. The van der Waals surface area contributed by atoms with E-state index >= 15 is 0 Å². The molecule has 8 heteroatoms. The van der Waals surface area contributed by atoms with Crippen molar-refractivity contribution in [1.82, 2.24) is 0 Å². The molecule has 4 nitrogen and oxygen atoms in total. The molecule has 0 aromatic heterocycles. The van der Waals surface area contributed by atoms with Crippen LogP contribution < -0.4 is 9.47 Å². The Morgan fingerprint density at radius 1 is 1.32 bits per heavy atom. The van der Waals surface area contributed by atoms with Gasteiger partial charge in [-0.1, -0.05) is 6.07 Å². The number of hydrogen-bond acceptors (Lipinski definition) is 4. The van der Waals surface area contributed by atoms with Gasteiger partial charge in [-0.3, -0.25) is 4.79 Å². The maximum atomic E-state index is 12.1. The quantitative estimate of drug-likeness (QED) is 0.625. The second kappa shape index (κ2) is 6.55. The van der Waals surface area contributed by atoms with E-state index in [0.29, 0.717) is 0 Å². The van der Waals surface area contributed by atoms with Gasteiger partial charge in [-0.2, -0.15) is 13.2 Å². The molecule has 0 unspecified atom stereocenters. The van der Waals surface area contributed by atoms with E-state index in [-0.39, 0.29) is 23.0 Å². The minimum atomic E-state index is -4.50. The SMILES string of the molecule is O=C(O)Cc1ccc(OCS)cc1OCC(F)(F)F. The van der Waals surface area contributed by atoms with Crippen molar-refractivity contribution in [2.75, 3.05) is 12.5 Å². The minimum absolute atomic E-state index is 0.0387. The zero-order chi connectivity index (χ0) is 14.5. The number of benzene rings is 1. The molecule has 0 saturated carbocycles. The van der Waals surface area contributed by atoms with E-state index < -0.39 is 25.2 Å². The van der Waals surface area contributed by atoms with Gasteiger partial charge in [0.25, 0.3) is 0 Å². The molecule has 1 rings (SSSR count). The van der Waals surface area contributed by atoms with Crippen molar-refractivity contribution in [3.63, 3.8) is 0 Å². The number of halogens is 3. The predicted molar refractivity (Wildman–Crippen MR) is 63.8 cm³/mol. The van der Waals surface area contributed by atoms with Crippen molar-refractivity contribution in [2.24, 2.45) is 0 Å². The van der Waals surface area contributed by atoms with E-state index in [1.165, 1.54) is 18.2 Å². The fraction of sp³-hybridized carbons (Fsp3) is 0.364. The summed E-state index contributed by atoms with van der Waals surface area (Å²) in [6.45, 7) is -1.50. The zero-order valence-corrected chi connectivity index (χ0v) is 10.5. The molecule has 0 spiro atoms. The van der Waals surface area contributed by atoms with Gasteiger partial charge in [-0.15, -0.1) is 12.6 Å². The van der Waals surface area contributed by atoms with Crippen molar-refractivity contribution >= 4 is 18.6 Å². The first-order valence-electron chi connectivity index (χ1n) is 5.10. The van der Waals surface area contributed by atoms with Crippen molar-refractivity contribution in [2.45, 2.75) is 12.6 Å². The summed E-state index contributed by atoms with van der Waals surface area (Å²) in [6, 6.07) is 3.99. The Balaban J connectivity index is 2.93. The third-order valence-electron chi connectivity index (χ3n) is 2.00. The number of carboxylic acid groups (broad SMARTS) is 1. The van der Waals surface area contributed by atoms with E-state index in [1.807, 2.05) is 0 Å². The molecule has 1 N–H and O–H groups in total. The van der Waals surface area contributed by atoms with Gasteiger partial charge in [0.2, 0.25) is 0 Å². The Bertz CT molecular complexity index is 448. The van der Waals surface area contributed by atoms with Crippen LogP contribution in [-0.4, -0.2) is 29.8 Å². The first kappa shape index (κ1) is 15.5. The molecule has 0 bridgehead atoms. The molecular formula is C11H11F3O4S. The van der Waals surface area contributed by atoms with Crippen LogP contribution in [0.2, 0.25) is 0 Å². The first-order chi connectivity index (χ1) is 8.81. The predicted octanol–water partition coefficient (Wildman–Crippen LogP) is 2.52. The molecule has 19 heavy (non-hydrogen) atoms. The van der Waals surface area contributed by atoms with Crippen molar-refractivity contribution in [3.8, 4) is 11.5 Å². The third kappa shape index (κ3) is 5.73. The number of alkyl halides is 3. The Kier molecular flexibility index (Phi) is 5.34. The molecule has 0 radical (unpaired) electrons. The number of carbonyl (C=O) groups is 1. The van der Waals surface area contributed by atoms with E-state index in [9.17, 15) is 18.0 Å². The van der Waals surface area contributed by atoms with E-state index in [4.69, 9.17) is 9.84 Å². The minimum Gasteiger partial charge on any atom is -0.484 e. The summed E-state index contributed by atoms with van der Waals surface area (Å²) >= 11 is 3.81. The van der Waals surface area contributed by atoms with Crippen LogP contribution in [0.1, 0.15) is 5.56 Å². The van der Waals surface area contributed by atoms with Crippen LogP contribution in [0, 0.1) is 0 Å². The number of hydrogen-bond donors (Lipinski definition) is 2. The van der Waals surface area contributed by atoms with Crippen LogP contribution in [0.25, 0.3) is 0 Å². The molecule has 1 aromatic rings. The van der Waals surface area contributed by atoms with E-state index in [1.54, 1.807) is 0 Å². The van der Waals surface area contributed by atoms with Gasteiger partial charge in [-0.25, -0.2) is 0 Å². The molecule has 0 aliphatic heterocycles. The maximum Gasteiger partial charge on any atom is 0.422 e. The summed E-state index contributed by atoms with van der Waals surface area (Å²) in [5.41, 5.74) is 0.142. The highest BCUT2D eigenvalue weighted by Gasteiger charge is 2.29. The van der Waals surface area contributed by atoms with Crippen molar-refractivity contribution in [1.29, 1.82) is 0 Å². The molecule has 0 heterocycles. The summed E-state index contributed by atoms with van der Waals surface area (Å²) < 4.78 is 45.9. The van der Waals surface area contributed by atoms with Gasteiger partial charge in [0.15, 0.2) is 6.61 Å². The van der Waals surface area contributed by atoms with Crippen molar-refractivity contribution < 1.29 is 32.5 Å². The van der Waals surface area contributed by atoms with Gasteiger partial charge in [-0.05, 0) is 6.07 Å². The van der Waals surface area contributed by atoms with Crippen LogP contribution in [-0.2, 0) is 11.2 Å². The summed E-state index contributed by atoms with van der Waals surface area (Å²) in [7, 11) is 0. The molecule has 1 aromatic carbocycles. The van der Waals surface area contributed by atoms with Crippen LogP contribution >= 0.6 is 12.6 Å². The number of thiol groups is 1. The lowest BCUT2D eigenvalue weighted by atomic mass is 10.1.